The number of aromatic nitrogens is 1. The monoisotopic (exact) mass is 849 g/mol. The molecule has 2 amide bonds. The molecule has 0 fully saturated rings. The third kappa shape index (κ3) is 12.3. The fourth-order valence-electron chi connectivity index (χ4n) is 5.91. The second kappa shape index (κ2) is 20.5. The van der Waals surface area contributed by atoms with Crippen molar-refractivity contribution in [3.8, 4) is 23.0 Å². The Morgan fingerprint density at radius 3 is 2.15 bits per heavy atom. The summed E-state index contributed by atoms with van der Waals surface area (Å²) in [6.07, 6.45) is 3.10. The van der Waals surface area contributed by atoms with Crippen LogP contribution in [0.2, 0.25) is 0 Å². The van der Waals surface area contributed by atoms with Crippen molar-refractivity contribution in [1.82, 2.24) is 4.98 Å². The van der Waals surface area contributed by atoms with Crippen molar-refractivity contribution in [1.29, 1.82) is 0 Å². The second-order valence-corrected chi connectivity index (χ2v) is 17.3. The zero-order chi connectivity index (χ0) is 42.6. The molecule has 1 atom stereocenters. The molecule has 1 aromatic heterocycles. The lowest BCUT2D eigenvalue weighted by Gasteiger charge is -2.24. The van der Waals surface area contributed by atoms with Gasteiger partial charge in [0.1, 0.15) is 38.9 Å². The largest absolute Gasteiger partial charge is 0.495 e. The van der Waals surface area contributed by atoms with Gasteiger partial charge in [-0.25, -0.2) is 22.4 Å². The van der Waals surface area contributed by atoms with Gasteiger partial charge < -0.3 is 49.1 Å². The highest BCUT2D eigenvalue weighted by molar-refractivity contribution is 7.91. The summed E-state index contributed by atoms with van der Waals surface area (Å²) in [5, 5.41) is 10.5. The Kier molecular flexibility index (Phi) is 15.5. The summed E-state index contributed by atoms with van der Waals surface area (Å²) in [5.74, 6) is 1.75. The van der Waals surface area contributed by atoms with Crippen LogP contribution in [0.1, 0.15) is 26.3 Å². The molecule has 5 aromatic rings. The smallest absolute Gasteiger partial charge is 0.323 e. The van der Waals surface area contributed by atoms with Gasteiger partial charge in [0.15, 0.2) is 15.6 Å². The van der Waals surface area contributed by atoms with E-state index in [0.29, 0.717) is 65.6 Å². The third-order valence-electron chi connectivity index (χ3n) is 8.82. The number of nitrogens with one attached hydrogen (secondary N) is 4. The number of pyridine rings is 1. The molecule has 1 heterocycles. The molecule has 4 aromatic carbocycles. The minimum atomic E-state index is -3.71. The van der Waals surface area contributed by atoms with Crippen LogP contribution in [0.5, 0.6) is 23.0 Å². The van der Waals surface area contributed by atoms with Gasteiger partial charge in [-0.3, -0.25) is 0 Å². The van der Waals surface area contributed by atoms with Gasteiger partial charge in [0, 0.05) is 48.2 Å². The SMILES string of the molecule is COCCOCCOCCS(=O)(=O)c1ccc(Nc2cc(Oc3ccc(NC(=O)Nc4cc(C(C)(C)C)cc(NS(C)=O)c4OC)c4ccccc34)ccn2)cc1OC. The van der Waals surface area contributed by atoms with Crippen molar-refractivity contribution in [3.05, 3.63) is 90.6 Å². The third-order valence-corrected chi connectivity index (χ3v) is 11.0. The van der Waals surface area contributed by atoms with Crippen molar-refractivity contribution >= 4 is 66.2 Å². The number of urea groups is 1. The standard InChI is InChI=1S/C42H51N5O10S2/c1-42(2,3)28-24-34(40(54-6)35(25-28)47-58(7)49)46-41(48)45-33-13-14-36(32-11-9-8-10-31(32)33)57-30-16-17-43-39(27-30)44-29-12-15-38(37(26-29)53-5)59(50,51)23-22-56-21-20-55-19-18-52-4/h8-17,24-27,47H,18-23H2,1-7H3,(H,43,44)(H2,45,46,48). The van der Waals surface area contributed by atoms with E-state index >= 15 is 0 Å². The molecule has 0 aliphatic heterocycles. The van der Waals surface area contributed by atoms with Crippen molar-refractivity contribution in [2.45, 2.75) is 31.1 Å². The summed E-state index contributed by atoms with van der Waals surface area (Å²) in [6, 6.07) is 22.3. The lowest BCUT2D eigenvalue weighted by atomic mass is 9.86. The van der Waals surface area contributed by atoms with E-state index < -0.39 is 26.9 Å². The Balaban J connectivity index is 1.28. The van der Waals surface area contributed by atoms with E-state index in [1.165, 1.54) is 26.5 Å². The van der Waals surface area contributed by atoms with E-state index in [1.54, 1.807) is 49.7 Å². The second-order valence-electron chi connectivity index (χ2n) is 14.2. The van der Waals surface area contributed by atoms with Crippen LogP contribution < -0.4 is 34.9 Å². The molecule has 1 unspecified atom stereocenters. The first-order valence-electron chi connectivity index (χ1n) is 18.6. The Morgan fingerprint density at radius 2 is 1.46 bits per heavy atom. The fourth-order valence-corrected chi connectivity index (χ4v) is 7.66. The zero-order valence-corrected chi connectivity index (χ0v) is 35.8. The van der Waals surface area contributed by atoms with E-state index in [9.17, 15) is 17.4 Å². The predicted molar refractivity (Wildman–Crippen MR) is 232 cm³/mol. The minimum absolute atomic E-state index is 0.00570. The van der Waals surface area contributed by atoms with Gasteiger partial charge in [-0.2, -0.15) is 0 Å². The number of nitrogens with zero attached hydrogens (tertiary/aromatic N) is 1. The maximum atomic E-state index is 13.5. The molecule has 0 bridgehead atoms. The number of sulfone groups is 1. The molecule has 0 saturated heterocycles. The van der Waals surface area contributed by atoms with Gasteiger partial charge in [-0.15, -0.1) is 0 Å². The molecule has 0 spiro atoms. The summed E-state index contributed by atoms with van der Waals surface area (Å²) in [6.45, 7) is 7.65. The molecule has 17 heteroatoms. The number of carbonyl (C=O) groups excluding carboxylic acids is 1. The Labute approximate surface area is 347 Å². The molecule has 4 N–H and O–H groups in total. The Hall–Kier alpha value is -5.46. The van der Waals surface area contributed by atoms with Crippen molar-refractivity contribution in [2.24, 2.45) is 0 Å². The summed E-state index contributed by atoms with van der Waals surface area (Å²) >= 11 is 0. The number of benzene rings is 4. The number of hydrogen-bond donors (Lipinski definition) is 4. The first-order valence-corrected chi connectivity index (χ1v) is 21.8. The van der Waals surface area contributed by atoms with E-state index in [1.807, 2.05) is 57.2 Å². The van der Waals surface area contributed by atoms with Crippen LogP contribution in [0.4, 0.5) is 33.4 Å². The van der Waals surface area contributed by atoms with Crippen LogP contribution in [0.25, 0.3) is 10.8 Å². The molecule has 59 heavy (non-hydrogen) atoms. The van der Waals surface area contributed by atoms with E-state index in [-0.39, 0.29) is 35.0 Å². The molecule has 5 rings (SSSR count). The number of methoxy groups -OCH3 is 3. The van der Waals surface area contributed by atoms with Gasteiger partial charge >= 0.3 is 6.03 Å². The van der Waals surface area contributed by atoms with Crippen molar-refractivity contribution in [3.63, 3.8) is 0 Å². The van der Waals surface area contributed by atoms with Gasteiger partial charge in [-0.1, -0.05) is 45.0 Å². The van der Waals surface area contributed by atoms with Gasteiger partial charge in [-0.05, 0) is 53.4 Å². The van der Waals surface area contributed by atoms with Crippen LogP contribution in [0.3, 0.4) is 0 Å². The molecular weight excluding hydrogens is 799 g/mol. The van der Waals surface area contributed by atoms with Crippen LogP contribution in [0, 0.1) is 0 Å². The topological polar surface area (TPSA) is 185 Å². The average molecular weight is 850 g/mol. The number of ether oxygens (including phenoxy) is 6. The van der Waals surface area contributed by atoms with Crippen LogP contribution in [-0.4, -0.2) is 90.0 Å². The molecule has 0 saturated carbocycles. The number of carbonyl (C=O) groups is 1. The Morgan fingerprint density at radius 1 is 0.763 bits per heavy atom. The van der Waals surface area contributed by atoms with Gasteiger partial charge in [0.25, 0.3) is 0 Å². The van der Waals surface area contributed by atoms with Gasteiger partial charge in [0.05, 0.1) is 70.1 Å². The molecule has 0 aliphatic carbocycles. The molecular formula is C42H51N5O10S2. The summed E-state index contributed by atoms with van der Waals surface area (Å²) < 4.78 is 74.4. The van der Waals surface area contributed by atoms with Crippen molar-refractivity contribution in [2.75, 3.05) is 87.0 Å². The quantitative estimate of drug-likeness (QED) is 0.0557. The summed E-state index contributed by atoms with van der Waals surface area (Å²) in [5.41, 5.74) is 2.62. The van der Waals surface area contributed by atoms with E-state index in [4.69, 9.17) is 28.4 Å². The highest BCUT2D eigenvalue weighted by Gasteiger charge is 2.23. The van der Waals surface area contributed by atoms with Crippen LogP contribution in [-0.2, 0) is 40.4 Å². The number of fused-ring (bicyclic) bond motifs is 1. The number of rotatable bonds is 20. The maximum absolute atomic E-state index is 13.5. The lowest BCUT2D eigenvalue weighted by molar-refractivity contribution is 0.0284. The molecule has 316 valence electrons. The summed E-state index contributed by atoms with van der Waals surface area (Å²) in [7, 11) is -0.605. The molecule has 0 aliphatic rings. The fraction of sp³-hybridized carbons (Fsp3) is 0.333. The van der Waals surface area contributed by atoms with Gasteiger partial charge in [0.2, 0.25) is 0 Å². The molecule has 0 radical (unpaired) electrons. The highest BCUT2D eigenvalue weighted by Crippen LogP contribution is 2.40. The highest BCUT2D eigenvalue weighted by atomic mass is 32.2. The van der Waals surface area contributed by atoms with E-state index in [0.717, 1.165) is 16.3 Å². The van der Waals surface area contributed by atoms with Crippen LogP contribution in [0.15, 0.2) is 90.0 Å². The molecule has 15 nitrogen and oxygen atoms in total. The zero-order valence-electron chi connectivity index (χ0n) is 34.2. The number of hydrogen-bond acceptors (Lipinski definition) is 12. The maximum Gasteiger partial charge on any atom is 0.323 e. The van der Waals surface area contributed by atoms with Crippen molar-refractivity contribution < 1.29 is 45.8 Å². The lowest BCUT2D eigenvalue weighted by Crippen LogP contribution is -2.21. The average Bonchev–Trinajstić information content (AvgIpc) is 3.19. The predicted octanol–water partition coefficient (Wildman–Crippen LogP) is 7.89. The normalized spacial score (nSPS) is 12.1. The first-order chi connectivity index (χ1) is 28.2. The summed E-state index contributed by atoms with van der Waals surface area (Å²) in [4.78, 5) is 18.0. The number of amides is 2. The van der Waals surface area contributed by atoms with E-state index in [2.05, 4.69) is 25.7 Å². The van der Waals surface area contributed by atoms with Crippen LogP contribution >= 0.6 is 0 Å². The first kappa shape index (κ1) is 44.6. The Bertz CT molecular complexity index is 2370. The number of anilines is 5. The minimum Gasteiger partial charge on any atom is -0.495 e.